The van der Waals surface area contributed by atoms with Gasteiger partial charge in [0.05, 0.1) is 13.2 Å². The normalized spacial score (nSPS) is 11.5. The number of nitrogens with zero attached hydrogens (tertiary/aromatic N) is 1. The highest BCUT2D eigenvalue weighted by Gasteiger charge is 2.23. The van der Waals surface area contributed by atoms with E-state index in [2.05, 4.69) is 10.1 Å². The number of carbonyl (C=O) groups excluding carboxylic acids is 2. The van der Waals surface area contributed by atoms with Crippen LogP contribution >= 0.6 is 0 Å². The van der Waals surface area contributed by atoms with E-state index in [0.717, 1.165) is 4.90 Å². The number of urea groups is 1. The molecule has 8 nitrogen and oxygen atoms in total. The van der Waals surface area contributed by atoms with E-state index in [1.54, 1.807) is 13.8 Å². The van der Waals surface area contributed by atoms with Crippen molar-refractivity contribution < 1.29 is 29.3 Å². The number of carbonyl (C=O) groups is 3. The Balaban J connectivity index is 4.42. The van der Waals surface area contributed by atoms with E-state index >= 15 is 0 Å². The van der Waals surface area contributed by atoms with Crippen molar-refractivity contribution >= 4 is 18.0 Å². The van der Waals surface area contributed by atoms with Crippen LogP contribution in [0, 0.1) is 0 Å². The van der Waals surface area contributed by atoms with Gasteiger partial charge in [-0.2, -0.15) is 0 Å². The van der Waals surface area contributed by atoms with Gasteiger partial charge in [-0.15, -0.1) is 0 Å². The second kappa shape index (κ2) is 8.29. The molecule has 0 unspecified atom stereocenters. The zero-order valence-corrected chi connectivity index (χ0v) is 10.4. The molecule has 0 aromatic heterocycles. The maximum absolute atomic E-state index is 11.6. The molecule has 0 spiro atoms. The molecular weight excluding hydrogens is 244 g/mol. The van der Waals surface area contributed by atoms with Crippen LogP contribution < -0.4 is 5.32 Å². The summed E-state index contributed by atoms with van der Waals surface area (Å²) in [7, 11) is 0. The average molecular weight is 262 g/mol. The molecule has 0 radical (unpaired) electrons. The predicted molar refractivity (Wildman–Crippen MR) is 60.9 cm³/mol. The lowest BCUT2D eigenvalue weighted by Crippen LogP contribution is -2.50. The van der Waals surface area contributed by atoms with Crippen molar-refractivity contribution in [2.24, 2.45) is 0 Å². The fraction of sp³-hybridized carbons (Fsp3) is 0.700. The molecule has 18 heavy (non-hydrogen) atoms. The van der Waals surface area contributed by atoms with Crippen LogP contribution in [0.25, 0.3) is 0 Å². The number of likely N-dealkylation sites (N-methyl/N-ethyl adjacent to an activating group) is 1. The van der Waals surface area contributed by atoms with Gasteiger partial charge in [-0.25, -0.2) is 9.59 Å². The largest absolute Gasteiger partial charge is 0.480 e. The molecule has 0 rings (SSSR count). The van der Waals surface area contributed by atoms with Crippen molar-refractivity contribution in [3.8, 4) is 0 Å². The van der Waals surface area contributed by atoms with Crippen LogP contribution in [0.2, 0.25) is 0 Å². The second-order valence-corrected chi connectivity index (χ2v) is 3.34. The molecule has 2 amide bonds. The van der Waals surface area contributed by atoms with Gasteiger partial charge in [-0.3, -0.25) is 4.79 Å². The quantitative estimate of drug-likeness (QED) is 0.508. The molecule has 0 aliphatic carbocycles. The fourth-order valence-corrected chi connectivity index (χ4v) is 1.12. The van der Waals surface area contributed by atoms with Crippen molar-refractivity contribution in [1.82, 2.24) is 10.2 Å². The van der Waals surface area contributed by atoms with Gasteiger partial charge in [0.25, 0.3) is 0 Å². The van der Waals surface area contributed by atoms with Crippen LogP contribution in [0.15, 0.2) is 0 Å². The van der Waals surface area contributed by atoms with Gasteiger partial charge in [0.1, 0.15) is 6.54 Å². The van der Waals surface area contributed by atoms with Crippen LogP contribution in [0.5, 0.6) is 0 Å². The Morgan fingerprint density at radius 1 is 1.33 bits per heavy atom. The topological polar surface area (TPSA) is 116 Å². The third-order valence-electron chi connectivity index (χ3n) is 2.07. The van der Waals surface area contributed by atoms with E-state index in [4.69, 9.17) is 10.2 Å². The van der Waals surface area contributed by atoms with Gasteiger partial charge in [0, 0.05) is 6.54 Å². The van der Waals surface area contributed by atoms with E-state index in [9.17, 15) is 14.4 Å². The summed E-state index contributed by atoms with van der Waals surface area (Å²) >= 11 is 0. The third kappa shape index (κ3) is 5.48. The molecule has 104 valence electrons. The summed E-state index contributed by atoms with van der Waals surface area (Å²) in [6.45, 7) is 2.69. The molecule has 0 aliphatic heterocycles. The molecular formula is C10H18N2O6. The standard InChI is InChI=1S/C10H18N2O6/c1-3-12(5-8(14)18-4-2)10(17)11-7(6-13)9(15)16/h7,13H,3-6H2,1-2H3,(H,11,17)(H,15,16)/t7-/m0/s1. The van der Waals surface area contributed by atoms with Gasteiger partial charge in [-0.05, 0) is 13.8 Å². The second-order valence-electron chi connectivity index (χ2n) is 3.34. The zero-order valence-electron chi connectivity index (χ0n) is 10.4. The first-order valence-corrected chi connectivity index (χ1v) is 5.50. The van der Waals surface area contributed by atoms with Crippen LogP contribution in [-0.2, 0) is 14.3 Å². The molecule has 0 heterocycles. The number of carboxylic acid groups (broad SMARTS) is 1. The van der Waals surface area contributed by atoms with E-state index < -0.39 is 30.6 Å². The number of aliphatic carboxylic acids is 1. The lowest BCUT2D eigenvalue weighted by molar-refractivity contribution is -0.143. The van der Waals surface area contributed by atoms with Gasteiger partial charge < -0.3 is 25.2 Å². The van der Waals surface area contributed by atoms with Crippen LogP contribution in [0.3, 0.4) is 0 Å². The monoisotopic (exact) mass is 262 g/mol. The fourth-order valence-electron chi connectivity index (χ4n) is 1.12. The number of hydrogen-bond acceptors (Lipinski definition) is 5. The van der Waals surface area contributed by atoms with Crippen LogP contribution in [0.4, 0.5) is 4.79 Å². The minimum absolute atomic E-state index is 0.201. The third-order valence-corrected chi connectivity index (χ3v) is 2.07. The minimum atomic E-state index is -1.39. The molecule has 0 saturated heterocycles. The first kappa shape index (κ1) is 16.2. The zero-order chi connectivity index (χ0) is 14.1. The molecule has 3 N–H and O–H groups in total. The average Bonchev–Trinajstić information content (AvgIpc) is 2.32. The number of rotatable bonds is 7. The number of ether oxygens (including phenoxy) is 1. The smallest absolute Gasteiger partial charge is 0.328 e. The van der Waals surface area contributed by atoms with Crippen LogP contribution in [-0.4, -0.2) is 65.4 Å². The van der Waals surface area contributed by atoms with E-state index in [1.165, 1.54) is 0 Å². The number of nitrogens with one attached hydrogen (secondary N) is 1. The number of hydrogen-bond donors (Lipinski definition) is 3. The molecule has 0 aliphatic rings. The van der Waals surface area contributed by atoms with Crippen molar-refractivity contribution in [2.45, 2.75) is 19.9 Å². The highest BCUT2D eigenvalue weighted by atomic mass is 16.5. The predicted octanol–water partition coefficient (Wildman–Crippen LogP) is -0.973. The SMILES string of the molecule is CCOC(=O)CN(CC)C(=O)N[C@@H](CO)C(=O)O. The first-order chi connectivity index (χ1) is 8.46. The number of aliphatic hydroxyl groups is 1. The van der Waals surface area contributed by atoms with Gasteiger partial charge >= 0.3 is 18.0 Å². The van der Waals surface area contributed by atoms with Crippen molar-refractivity contribution in [1.29, 1.82) is 0 Å². The summed E-state index contributed by atoms with van der Waals surface area (Å²) in [6, 6.07) is -2.14. The Morgan fingerprint density at radius 2 is 1.94 bits per heavy atom. The van der Waals surface area contributed by atoms with Gasteiger partial charge in [0.15, 0.2) is 6.04 Å². The first-order valence-electron chi connectivity index (χ1n) is 5.50. The molecule has 1 atom stereocenters. The summed E-state index contributed by atoms with van der Waals surface area (Å²) in [5, 5.41) is 19.5. The highest BCUT2D eigenvalue weighted by molar-refractivity contribution is 5.85. The molecule has 0 fully saturated rings. The molecule has 8 heteroatoms. The Kier molecular flexibility index (Phi) is 7.45. The summed E-state index contributed by atoms with van der Waals surface area (Å²) in [6.07, 6.45) is 0. The highest BCUT2D eigenvalue weighted by Crippen LogP contribution is 1.94. The Hall–Kier alpha value is -1.83. The number of carboxylic acids is 1. The maximum Gasteiger partial charge on any atom is 0.328 e. The lowest BCUT2D eigenvalue weighted by Gasteiger charge is -2.22. The van der Waals surface area contributed by atoms with Crippen molar-refractivity contribution in [2.75, 3.05) is 26.3 Å². The Morgan fingerprint density at radius 3 is 2.33 bits per heavy atom. The molecule has 0 bridgehead atoms. The van der Waals surface area contributed by atoms with Crippen molar-refractivity contribution in [3.63, 3.8) is 0 Å². The lowest BCUT2D eigenvalue weighted by atomic mass is 10.3. The van der Waals surface area contributed by atoms with Crippen molar-refractivity contribution in [3.05, 3.63) is 0 Å². The Labute approximate surface area is 105 Å². The van der Waals surface area contributed by atoms with E-state index in [1.807, 2.05) is 0 Å². The van der Waals surface area contributed by atoms with E-state index in [-0.39, 0.29) is 19.7 Å². The summed E-state index contributed by atoms with van der Waals surface area (Å²) in [5.41, 5.74) is 0. The molecule has 0 saturated carbocycles. The number of esters is 1. The summed E-state index contributed by atoms with van der Waals surface area (Å²) < 4.78 is 4.68. The molecule has 0 aromatic rings. The maximum atomic E-state index is 11.6. The van der Waals surface area contributed by atoms with E-state index in [0.29, 0.717) is 0 Å². The molecule has 0 aromatic carbocycles. The minimum Gasteiger partial charge on any atom is -0.480 e. The van der Waals surface area contributed by atoms with Gasteiger partial charge in [0.2, 0.25) is 0 Å². The summed E-state index contributed by atoms with van der Waals surface area (Å²) in [4.78, 5) is 34.5. The van der Waals surface area contributed by atoms with Gasteiger partial charge in [-0.1, -0.05) is 0 Å². The number of amides is 2. The number of aliphatic hydroxyl groups excluding tert-OH is 1. The Bertz CT molecular complexity index is 307. The summed E-state index contributed by atoms with van der Waals surface area (Å²) in [5.74, 6) is -1.93. The van der Waals surface area contributed by atoms with Crippen LogP contribution in [0.1, 0.15) is 13.8 Å².